The maximum atomic E-state index is 5.90. The van der Waals surface area contributed by atoms with Gasteiger partial charge in [0.25, 0.3) is 6.02 Å². The molecule has 120 valence electrons. The van der Waals surface area contributed by atoms with Crippen LogP contribution in [0.5, 0.6) is 0 Å². The first-order valence-corrected chi connectivity index (χ1v) is 7.99. The van der Waals surface area contributed by atoms with Crippen molar-refractivity contribution in [1.82, 2.24) is 0 Å². The molecule has 0 saturated carbocycles. The summed E-state index contributed by atoms with van der Waals surface area (Å²) in [6.45, 7) is 8.71. The van der Waals surface area contributed by atoms with Crippen molar-refractivity contribution >= 4 is 6.02 Å². The second-order valence-electron chi connectivity index (χ2n) is 7.33. The van der Waals surface area contributed by atoms with E-state index in [2.05, 4.69) is 69.1 Å². The van der Waals surface area contributed by atoms with Crippen molar-refractivity contribution in [2.45, 2.75) is 44.8 Å². The number of hydrogen-bond donors (Lipinski definition) is 1. The van der Waals surface area contributed by atoms with Crippen molar-refractivity contribution in [2.24, 2.45) is 10.7 Å². The molecule has 1 heterocycles. The molecule has 1 aliphatic rings. The number of amidine groups is 1. The molecule has 1 aliphatic heterocycles. The largest absolute Gasteiger partial charge is 0.454 e. The third-order valence-corrected chi connectivity index (χ3v) is 4.53. The van der Waals surface area contributed by atoms with E-state index in [9.17, 15) is 0 Å². The molecule has 2 N–H and O–H groups in total. The summed E-state index contributed by atoms with van der Waals surface area (Å²) in [6.07, 6.45) is -0.209. The monoisotopic (exact) mass is 308 g/mol. The van der Waals surface area contributed by atoms with Crippen molar-refractivity contribution in [3.05, 3.63) is 71.3 Å². The lowest BCUT2D eigenvalue weighted by Gasteiger charge is -2.28. The molecular weight excluding hydrogens is 284 g/mol. The normalized spacial score (nSPS) is 24.2. The Kier molecular flexibility index (Phi) is 3.67. The highest BCUT2D eigenvalue weighted by Gasteiger charge is 2.44. The molecule has 23 heavy (non-hydrogen) atoms. The van der Waals surface area contributed by atoms with E-state index in [1.807, 2.05) is 18.2 Å². The summed E-state index contributed by atoms with van der Waals surface area (Å²) in [5, 5.41) is 0. The molecule has 2 atom stereocenters. The number of nitrogens with zero attached hydrogens (tertiary/aromatic N) is 1. The summed E-state index contributed by atoms with van der Waals surface area (Å²) in [6, 6.07) is 19.0. The van der Waals surface area contributed by atoms with Gasteiger partial charge >= 0.3 is 0 Å². The van der Waals surface area contributed by atoms with Gasteiger partial charge in [0.15, 0.2) is 6.10 Å². The molecular formula is C20H24N2O. The van der Waals surface area contributed by atoms with Crippen LogP contribution >= 0.6 is 0 Å². The predicted octanol–water partition coefficient (Wildman–Crippen LogP) is 4.29. The average Bonchev–Trinajstić information content (AvgIpc) is 2.83. The highest BCUT2D eigenvalue weighted by Crippen LogP contribution is 2.45. The van der Waals surface area contributed by atoms with E-state index >= 15 is 0 Å². The van der Waals surface area contributed by atoms with Crippen LogP contribution in [0, 0.1) is 0 Å². The quantitative estimate of drug-likeness (QED) is 0.900. The van der Waals surface area contributed by atoms with Crippen molar-refractivity contribution in [1.29, 1.82) is 0 Å². The lowest BCUT2D eigenvalue weighted by Crippen LogP contribution is -2.25. The second-order valence-corrected chi connectivity index (χ2v) is 7.33. The van der Waals surface area contributed by atoms with Crippen molar-refractivity contribution in [3.63, 3.8) is 0 Å². The van der Waals surface area contributed by atoms with Gasteiger partial charge in [-0.25, -0.2) is 4.99 Å². The van der Waals surface area contributed by atoms with Crippen LogP contribution < -0.4 is 5.73 Å². The summed E-state index contributed by atoms with van der Waals surface area (Å²) in [4.78, 5) is 4.59. The van der Waals surface area contributed by atoms with E-state index in [0.717, 1.165) is 11.1 Å². The fourth-order valence-corrected chi connectivity index (χ4v) is 3.09. The first-order valence-electron chi connectivity index (χ1n) is 7.99. The molecule has 0 aromatic heterocycles. The third-order valence-electron chi connectivity index (χ3n) is 4.53. The Morgan fingerprint density at radius 3 is 2.17 bits per heavy atom. The summed E-state index contributed by atoms with van der Waals surface area (Å²) in [5.74, 6) is 0. The van der Waals surface area contributed by atoms with Crippen LogP contribution in [0.4, 0.5) is 0 Å². The predicted molar refractivity (Wildman–Crippen MR) is 94.4 cm³/mol. The second kappa shape index (κ2) is 5.41. The molecule has 0 fully saturated rings. The number of nitrogens with two attached hydrogens (primary N) is 1. The number of rotatable bonds is 2. The third kappa shape index (κ3) is 2.83. The molecule has 0 saturated heterocycles. The summed E-state index contributed by atoms with van der Waals surface area (Å²) < 4.78 is 5.87. The molecule has 0 aliphatic carbocycles. The Morgan fingerprint density at radius 1 is 1.00 bits per heavy atom. The van der Waals surface area contributed by atoms with Crippen LogP contribution in [-0.4, -0.2) is 6.02 Å². The number of aliphatic imine (C=N–C) groups is 1. The molecule has 3 heteroatoms. The van der Waals surface area contributed by atoms with Gasteiger partial charge in [-0.3, -0.25) is 0 Å². The van der Waals surface area contributed by atoms with Gasteiger partial charge < -0.3 is 10.5 Å². The lowest BCUT2D eigenvalue weighted by atomic mass is 9.82. The molecule has 0 spiro atoms. The van der Waals surface area contributed by atoms with Crippen molar-refractivity contribution in [3.8, 4) is 0 Å². The fraction of sp³-hybridized carbons (Fsp3) is 0.350. The van der Waals surface area contributed by atoms with E-state index in [4.69, 9.17) is 10.5 Å². The zero-order valence-corrected chi connectivity index (χ0v) is 14.2. The molecule has 0 amide bonds. The molecule has 3 nitrogen and oxygen atoms in total. The molecule has 0 bridgehead atoms. The van der Waals surface area contributed by atoms with Gasteiger partial charge in [0, 0.05) is 0 Å². The van der Waals surface area contributed by atoms with Crippen LogP contribution in [0.1, 0.15) is 50.5 Å². The summed E-state index contributed by atoms with van der Waals surface area (Å²) in [5.41, 5.74) is 9.02. The first kappa shape index (κ1) is 15.6. The zero-order valence-electron chi connectivity index (χ0n) is 14.2. The van der Waals surface area contributed by atoms with Crippen molar-refractivity contribution in [2.75, 3.05) is 0 Å². The Morgan fingerprint density at radius 2 is 1.61 bits per heavy atom. The summed E-state index contributed by atoms with van der Waals surface area (Å²) >= 11 is 0. The Balaban J connectivity index is 1.99. The van der Waals surface area contributed by atoms with E-state index in [-0.39, 0.29) is 17.5 Å². The van der Waals surface area contributed by atoms with Crippen LogP contribution in [0.3, 0.4) is 0 Å². The van der Waals surface area contributed by atoms with Gasteiger partial charge in [-0.1, -0.05) is 75.4 Å². The highest BCUT2D eigenvalue weighted by atomic mass is 16.5. The first-order chi connectivity index (χ1) is 10.8. The SMILES string of the molecule is CC(C)(C)c1ccc([C@@H]2OC(N)=N[C@]2(C)c2ccccc2)cc1. The Hall–Kier alpha value is -2.29. The number of hydrogen-bond acceptors (Lipinski definition) is 3. The van der Waals surface area contributed by atoms with Gasteiger partial charge in [-0.05, 0) is 29.0 Å². The minimum absolute atomic E-state index is 0.132. The van der Waals surface area contributed by atoms with E-state index in [0.29, 0.717) is 0 Å². The van der Waals surface area contributed by atoms with Crippen LogP contribution in [0.2, 0.25) is 0 Å². The highest BCUT2D eigenvalue weighted by molar-refractivity contribution is 5.75. The van der Waals surface area contributed by atoms with E-state index in [1.54, 1.807) is 0 Å². The number of ether oxygens (including phenoxy) is 1. The molecule has 2 aromatic carbocycles. The van der Waals surface area contributed by atoms with Gasteiger partial charge in [0.2, 0.25) is 0 Å². The molecule has 0 radical (unpaired) electrons. The van der Waals surface area contributed by atoms with Gasteiger partial charge in [-0.15, -0.1) is 0 Å². The van der Waals surface area contributed by atoms with Crippen LogP contribution in [0.15, 0.2) is 59.6 Å². The Bertz CT molecular complexity index is 714. The van der Waals surface area contributed by atoms with Gasteiger partial charge in [0.05, 0.1) is 0 Å². The zero-order chi connectivity index (χ0) is 16.7. The van der Waals surface area contributed by atoms with Gasteiger partial charge in [-0.2, -0.15) is 0 Å². The number of benzene rings is 2. The minimum Gasteiger partial charge on any atom is -0.454 e. The smallest absolute Gasteiger partial charge is 0.283 e. The van der Waals surface area contributed by atoms with Crippen LogP contribution in [0.25, 0.3) is 0 Å². The fourth-order valence-electron chi connectivity index (χ4n) is 3.09. The maximum Gasteiger partial charge on any atom is 0.283 e. The van der Waals surface area contributed by atoms with E-state index < -0.39 is 5.54 Å². The van der Waals surface area contributed by atoms with Crippen LogP contribution in [-0.2, 0) is 15.7 Å². The maximum absolute atomic E-state index is 5.90. The van der Waals surface area contributed by atoms with E-state index in [1.165, 1.54) is 5.56 Å². The topological polar surface area (TPSA) is 47.6 Å². The Labute approximate surface area is 138 Å². The minimum atomic E-state index is -0.505. The molecule has 2 aromatic rings. The molecule has 0 unspecified atom stereocenters. The standard InChI is InChI=1S/C20H24N2O/c1-19(2,3)15-12-10-14(11-13-15)17-20(4,22-18(21)23-17)16-8-6-5-7-9-16/h5-13,17H,1-4H3,(H2,21,22)/t17-,20+/m0/s1. The lowest BCUT2D eigenvalue weighted by molar-refractivity contribution is 0.145. The average molecular weight is 308 g/mol. The van der Waals surface area contributed by atoms with Crippen molar-refractivity contribution < 1.29 is 4.74 Å². The molecule has 3 rings (SSSR count). The summed E-state index contributed by atoms with van der Waals surface area (Å²) in [7, 11) is 0. The van der Waals surface area contributed by atoms with Gasteiger partial charge in [0.1, 0.15) is 5.54 Å².